The summed E-state index contributed by atoms with van der Waals surface area (Å²) in [5.74, 6) is 1.85. The molecule has 0 radical (unpaired) electrons. The van der Waals surface area contributed by atoms with Gasteiger partial charge in [-0.1, -0.05) is 140 Å². The van der Waals surface area contributed by atoms with Gasteiger partial charge in [-0.3, -0.25) is 9.97 Å². The summed E-state index contributed by atoms with van der Waals surface area (Å²) in [6, 6.07) is 62.4. The van der Waals surface area contributed by atoms with Gasteiger partial charge in [0.2, 0.25) is 0 Å². The summed E-state index contributed by atoms with van der Waals surface area (Å²) in [5, 5.41) is 6.53. The lowest BCUT2D eigenvalue weighted by Gasteiger charge is -2.15. The van der Waals surface area contributed by atoms with Crippen LogP contribution in [0.4, 0.5) is 5.69 Å². The van der Waals surface area contributed by atoms with Crippen molar-refractivity contribution >= 4 is 49.0 Å². The second kappa shape index (κ2) is 14.5. The molecular weight excluding hydrogens is 733 g/mol. The standard InChI is InChI=1S/C54H32N6/c1-55-43-26-25-39-29-38(23-24-40(39)31-43)34-19-21-35(22-20-34)46-32-48-45-18-10-28-57-51(45)47(33-49(48)44-17-9-27-56-50(44)46)41-15-8-16-42(30-41)54-59-52(36-11-4-2-5-12-36)58-53(60-54)37-13-6-3-7-14-37/h2-33H. The maximum absolute atomic E-state index is 7.37. The number of fused-ring (bicyclic) bond motifs is 6. The Kier molecular flexibility index (Phi) is 8.42. The molecule has 6 heteroatoms. The summed E-state index contributed by atoms with van der Waals surface area (Å²) in [6.07, 6.45) is 3.74. The Morgan fingerprint density at radius 3 is 1.45 bits per heavy atom. The summed E-state index contributed by atoms with van der Waals surface area (Å²) < 4.78 is 0. The fraction of sp³-hybridized carbons (Fsp3) is 0. The Balaban J connectivity index is 1.03. The zero-order valence-corrected chi connectivity index (χ0v) is 32.2. The van der Waals surface area contributed by atoms with E-state index >= 15 is 0 Å². The van der Waals surface area contributed by atoms with Crippen molar-refractivity contribution in [3.63, 3.8) is 0 Å². The van der Waals surface area contributed by atoms with Gasteiger partial charge in [-0.05, 0) is 86.3 Å². The van der Waals surface area contributed by atoms with E-state index in [1.807, 2.05) is 103 Å². The van der Waals surface area contributed by atoms with Crippen molar-refractivity contribution in [3.05, 3.63) is 206 Å². The van der Waals surface area contributed by atoms with E-state index in [0.29, 0.717) is 23.2 Å². The van der Waals surface area contributed by atoms with E-state index in [4.69, 9.17) is 31.5 Å². The molecule has 11 rings (SSSR count). The van der Waals surface area contributed by atoms with Crippen molar-refractivity contribution in [2.45, 2.75) is 0 Å². The third-order valence-corrected chi connectivity index (χ3v) is 11.2. The average Bonchev–Trinajstić information content (AvgIpc) is 3.33. The molecule has 0 saturated heterocycles. The van der Waals surface area contributed by atoms with Crippen LogP contribution < -0.4 is 0 Å². The van der Waals surface area contributed by atoms with Gasteiger partial charge in [0.25, 0.3) is 0 Å². The highest BCUT2D eigenvalue weighted by molar-refractivity contribution is 6.22. The number of hydrogen-bond donors (Lipinski definition) is 0. The van der Waals surface area contributed by atoms with E-state index in [-0.39, 0.29) is 0 Å². The lowest BCUT2D eigenvalue weighted by molar-refractivity contribution is 1.07. The predicted molar refractivity (Wildman–Crippen MR) is 244 cm³/mol. The third-order valence-electron chi connectivity index (χ3n) is 11.2. The Hall–Kier alpha value is -8.40. The lowest BCUT2D eigenvalue weighted by Crippen LogP contribution is -2.00. The van der Waals surface area contributed by atoms with Gasteiger partial charge in [0.05, 0.1) is 17.6 Å². The average molecular weight is 765 g/mol. The lowest BCUT2D eigenvalue weighted by atomic mass is 9.90. The first kappa shape index (κ1) is 34.8. The first-order valence-corrected chi connectivity index (χ1v) is 19.8. The molecule has 11 aromatic rings. The minimum Gasteiger partial charge on any atom is -0.256 e. The van der Waals surface area contributed by atoms with Crippen molar-refractivity contribution in [3.8, 4) is 67.5 Å². The van der Waals surface area contributed by atoms with Crippen LogP contribution in [0.25, 0.3) is 116 Å². The summed E-state index contributed by atoms with van der Waals surface area (Å²) in [5.41, 5.74) is 11.7. The molecule has 3 heterocycles. The van der Waals surface area contributed by atoms with E-state index in [0.717, 1.165) is 93.4 Å². The van der Waals surface area contributed by atoms with Gasteiger partial charge in [0.1, 0.15) is 0 Å². The van der Waals surface area contributed by atoms with Gasteiger partial charge in [-0.25, -0.2) is 19.8 Å². The number of rotatable bonds is 6. The molecule has 3 aromatic heterocycles. The molecule has 0 N–H and O–H groups in total. The van der Waals surface area contributed by atoms with Crippen LogP contribution in [0.5, 0.6) is 0 Å². The molecule has 0 bridgehead atoms. The topological polar surface area (TPSA) is 68.8 Å². The first-order chi connectivity index (χ1) is 29.7. The summed E-state index contributed by atoms with van der Waals surface area (Å²) in [6.45, 7) is 7.37. The van der Waals surface area contributed by atoms with Crippen LogP contribution >= 0.6 is 0 Å². The van der Waals surface area contributed by atoms with Crippen LogP contribution in [0.3, 0.4) is 0 Å². The molecule has 60 heavy (non-hydrogen) atoms. The third kappa shape index (κ3) is 6.19. The SMILES string of the molecule is [C-]#[N+]c1ccc2cc(-c3ccc(-c4cc5c6cccnc6c(-c6cccc(-c7nc(-c8ccccc8)nc(-c8ccccc8)n7)c6)cc5c5cccnc45)cc3)ccc2c1. The Bertz CT molecular complexity index is 3430. The fourth-order valence-corrected chi connectivity index (χ4v) is 8.23. The Labute approximate surface area is 346 Å². The van der Waals surface area contributed by atoms with Gasteiger partial charge in [-0.15, -0.1) is 0 Å². The summed E-state index contributed by atoms with van der Waals surface area (Å²) >= 11 is 0. The van der Waals surface area contributed by atoms with Gasteiger partial charge in [-0.2, -0.15) is 0 Å². The van der Waals surface area contributed by atoms with Gasteiger partial charge in [0, 0.05) is 51.0 Å². The molecule has 0 spiro atoms. The maximum atomic E-state index is 7.37. The molecule has 8 aromatic carbocycles. The quantitative estimate of drug-likeness (QED) is 0.125. The van der Waals surface area contributed by atoms with Crippen LogP contribution in [0, 0.1) is 6.57 Å². The molecule has 0 aliphatic rings. The summed E-state index contributed by atoms with van der Waals surface area (Å²) in [7, 11) is 0. The highest BCUT2D eigenvalue weighted by Crippen LogP contribution is 2.41. The van der Waals surface area contributed by atoms with Gasteiger partial charge in [0.15, 0.2) is 23.2 Å². The van der Waals surface area contributed by atoms with Crippen LogP contribution in [0.2, 0.25) is 0 Å². The van der Waals surface area contributed by atoms with E-state index in [1.54, 1.807) is 0 Å². The van der Waals surface area contributed by atoms with E-state index < -0.39 is 0 Å². The van der Waals surface area contributed by atoms with E-state index in [9.17, 15) is 0 Å². The molecule has 0 fully saturated rings. The van der Waals surface area contributed by atoms with Crippen molar-refractivity contribution < 1.29 is 0 Å². The smallest absolute Gasteiger partial charge is 0.187 e. The molecule has 0 aliphatic heterocycles. The first-order valence-electron chi connectivity index (χ1n) is 19.8. The largest absolute Gasteiger partial charge is 0.256 e. The zero-order valence-electron chi connectivity index (χ0n) is 32.2. The van der Waals surface area contributed by atoms with Gasteiger partial charge >= 0.3 is 0 Å². The van der Waals surface area contributed by atoms with Crippen molar-refractivity contribution in [2.75, 3.05) is 0 Å². The number of pyridine rings is 2. The molecule has 6 nitrogen and oxygen atoms in total. The Morgan fingerprint density at radius 2 is 0.833 bits per heavy atom. The zero-order chi connectivity index (χ0) is 40.0. The normalized spacial score (nSPS) is 11.3. The fourth-order valence-electron chi connectivity index (χ4n) is 8.23. The van der Waals surface area contributed by atoms with Crippen LogP contribution in [-0.2, 0) is 0 Å². The maximum Gasteiger partial charge on any atom is 0.187 e. The molecule has 0 atom stereocenters. The Morgan fingerprint density at radius 1 is 0.333 bits per heavy atom. The number of aromatic nitrogens is 5. The highest BCUT2D eigenvalue weighted by atomic mass is 15.0. The second-order valence-corrected chi connectivity index (χ2v) is 14.8. The highest BCUT2D eigenvalue weighted by Gasteiger charge is 2.18. The van der Waals surface area contributed by atoms with Crippen molar-refractivity contribution in [2.24, 2.45) is 0 Å². The predicted octanol–water partition coefficient (Wildman–Crippen LogP) is 13.8. The van der Waals surface area contributed by atoms with E-state index in [1.165, 1.54) is 0 Å². The number of nitrogens with zero attached hydrogens (tertiary/aromatic N) is 6. The molecule has 0 amide bonds. The minimum atomic E-state index is 0.601. The molecular formula is C54H32N6. The van der Waals surface area contributed by atoms with Crippen LogP contribution in [0.15, 0.2) is 194 Å². The van der Waals surface area contributed by atoms with Crippen LogP contribution in [-0.4, -0.2) is 24.9 Å². The summed E-state index contributed by atoms with van der Waals surface area (Å²) in [4.78, 5) is 28.5. The number of hydrogen-bond acceptors (Lipinski definition) is 5. The second-order valence-electron chi connectivity index (χ2n) is 14.8. The molecule has 0 unspecified atom stereocenters. The monoisotopic (exact) mass is 764 g/mol. The van der Waals surface area contributed by atoms with E-state index in [2.05, 4.69) is 95.8 Å². The van der Waals surface area contributed by atoms with Crippen molar-refractivity contribution in [1.29, 1.82) is 0 Å². The molecule has 0 saturated carbocycles. The minimum absolute atomic E-state index is 0.601. The molecule has 278 valence electrons. The van der Waals surface area contributed by atoms with Gasteiger partial charge < -0.3 is 0 Å². The number of benzene rings is 8. The molecule has 0 aliphatic carbocycles. The van der Waals surface area contributed by atoms with Crippen molar-refractivity contribution in [1.82, 2.24) is 24.9 Å². The van der Waals surface area contributed by atoms with Crippen LogP contribution in [0.1, 0.15) is 0 Å².